The molecule has 1 aromatic rings. The number of rotatable bonds is 6. The Labute approximate surface area is 169 Å². The van der Waals surface area contributed by atoms with Gasteiger partial charge in [-0.2, -0.15) is 0 Å². The van der Waals surface area contributed by atoms with Crippen molar-refractivity contribution in [3.8, 4) is 0 Å². The topological polar surface area (TPSA) is 60.0 Å². The van der Waals surface area contributed by atoms with Crippen LogP contribution in [0.5, 0.6) is 0 Å². The van der Waals surface area contributed by atoms with Gasteiger partial charge in [0.25, 0.3) is 0 Å². The van der Waals surface area contributed by atoms with Crippen LogP contribution in [0.4, 0.5) is 5.69 Å². The molecular weight excluding hydrogens is 350 g/mol. The maximum absolute atomic E-state index is 11.6. The molecule has 0 aromatic heterocycles. The molecule has 0 spiro atoms. The maximum atomic E-state index is 11.6. The van der Waals surface area contributed by atoms with Crippen molar-refractivity contribution in [3.63, 3.8) is 0 Å². The molecule has 1 amide bonds. The predicted octanol–water partition coefficient (Wildman–Crippen LogP) is 2.25. The molecule has 1 fully saturated rings. The molecule has 1 unspecified atom stereocenters. The lowest BCUT2D eigenvalue weighted by Crippen LogP contribution is -2.46. The summed E-state index contributed by atoms with van der Waals surface area (Å²) in [6.07, 6.45) is 3.87. The first-order valence-corrected chi connectivity index (χ1v) is 10.7. The van der Waals surface area contributed by atoms with Gasteiger partial charge in [0.05, 0.1) is 6.54 Å². The SMILES string of the molecule is CCNC(=NCCN1c2ccccc2CC1C)N1CCC(CC(=O)NC)CC1. The summed E-state index contributed by atoms with van der Waals surface area (Å²) in [5.74, 6) is 1.65. The molecule has 2 aliphatic heterocycles. The van der Waals surface area contributed by atoms with Crippen molar-refractivity contribution in [3.05, 3.63) is 29.8 Å². The Bertz CT molecular complexity index is 681. The van der Waals surface area contributed by atoms with Crippen molar-refractivity contribution in [2.75, 3.05) is 44.7 Å². The van der Waals surface area contributed by atoms with E-state index in [1.54, 1.807) is 7.05 Å². The predicted molar refractivity (Wildman–Crippen MR) is 116 cm³/mol. The zero-order chi connectivity index (χ0) is 19.9. The molecule has 154 valence electrons. The van der Waals surface area contributed by atoms with Gasteiger partial charge in [0.1, 0.15) is 0 Å². The van der Waals surface area contributed by atoms with Gasteiger partial charge in [-0.1, -0.05) is 18.2 Å². The molecular formula is C22H35N5O. The molecule has 0 saturated carbocycles. The van der Waals surface area contributed by atoms with Crippen LogP contribution >= 0.6 is 0 Å². The van der Waals surface area contributed by atoms with Crippen LogP contribution in [0.3, 0.4) is 0 Å². The van der Waals surface area contributed by atoms with E-state index >= 15 is 0 Å². The molecule has 1 aromatic carbocycles. The van der Waals surface area contributed by atoms with Crippen LogP contribution in [0.25, 0.3) is 0 Å². The number of fused-ring (bicyclic) bond motifs is 1. The van der Waals surface area contributed by atoms with Gasteiger partial charge in [0.15, 0.2) is 5.96 Å². The molecule has 2 N–H and O–H groups in total. The Balaban J connectivity index is 1.54. The number of nitrogens with zero attached hydrogens (tertiary/aromatic N) is 3. The molecule has 0 aliphatic carbocycles. The molecule has 3 rings (SSSR count). The largest absolute Gasteiger partial charge is 0.366 e. The van der Waals surface area contributed by atoms with E-state index in [1.165, 1.54) is 11.3 Å². The highest BCUT2D eigenvalue weighted by molar-refractivity contribution is 5.80. The molecule has 2 heterocycles. The number of nitrogens with one attached hydrogen (secondary N) is 2. The molecule has 2 aliphatic rings. The molecule has 28 heavy (non-hydrogen) atoms. The summed E-state index contributed by atoms with van der Waals surface area (Å²) >= 11 is 0. The van der Waals surface area contributed by atoms with Crippen molar-refractivity contribution in [2.24, 2.45) is 10.9 Å². The first kappa shape index (κ1) is 20.5. The van der Waals surface area contributed by atoms with E-state index in [4.69, 9.17) is 4.99 Å². The third-order valence-electron chi connectivity index (χ3n) is 5.95. The van der Waals surface area contributed by atoms with E-state index < -0.39 is 0 Å². The third kappa shape index (κ3) is 4.97. The zero-order valence-electron chi connectivity index (χ0n) is 17.6. The van der Waals surface area contributed by atoms with Crippen LogP contribution < -0.4 is 15.5 Å². The summed E-state index contributed by atoms with van der Waals surface area (Å²) < 4.78 is 0. The monoisotopic (exact) mass is 385 g/mol. The molecule has 1 saturated heterocycles. The summed E-state index contributed by atoms with van der Waals surface area (Å²) in [6, 6.07) is 9.26. The van der Waals surface area contributed by atoms with Crippen molar-refractivity contribution >= 4 is 17.6 Å². The normalized spacial score (nSPS) is 20.2. The number of likely N-dealkylation sites (tertiary alicyclic amines) is 1. The highest BCUT2D eigenvalue weighted by atomic mass is 16.1. The lowest BCUT2D eigenvalue weighted by atomic mass is 9.93. The quantitative estimate of drug-likeness (QED) is 0.582. The van der Waals surface area contributed by atoms with Gasteiger partial charge in [-0.3, -0.25) is 9.79 Å². The van der Waals surface area contributed by atoms with Gasteiger partial charge in [-0.05, 0) is 50.7 Å². The highest BCUT2D eigenvalue weighted by Gasteiger charge is 2.25. The molecule has 6 nitrogen and oxygen atoms in total. The summed E-state index contributed by atoms with van der Waals surface area (Å²) in [7, 11) is 1.72. The fraction of sp³-hybridized carbons (Fsp3) is 0.636. The van der Waals surface area contributed by atoms with Crippen LogP contribution in [0.15, 0.2) is 29.3 Å². The van der Waals surface area contributed by atoms with E-state index in [1.807, 2.05) is 0 Å². The van der Waals surface area contributed by atoms with Crippen molar-refractivity contribution in [1.82, 2.24) is 15.5 Å². The van der Waals surface area contributed by atoms with Crippen LogP contribution in [-0.4, -0.2) is 62.6 Å². The fourth-order valence-corrected chi connectivity index (χ4v) is 4.37. The third-order valence-corrected chi connectivity index (χ3v) is 5.95. The maximum Gasteiger partial charge on any atom is 0.220 e. The molecule has 6 heteroatoms. The number of hydrogen-bond donors (Lipinski definition) is 2. The van der Waals surface area contributed by atoms with Gasteiger partial charge < -0.3 is 20.4 Å². The Kier molecular flexibility index (Phi) is 7.18. The lowest BCUT2D eigenvalue weighted by molar-refractivity contribution is -0.121. The van der Waals surface area contributed by atoms with Crippen molar-refractivity contribution in [1.29, 1.82) is 0 Å². The van der Waals surface area contributed by atoms with Crippen LogP contribution in [0, 0.1) is 5.92 Å². The van der Waals surface area contributed by atoms with Gasteiger partial charge >= 0.3 is 0 Å². The molecule has 0 radical (unpaired) electrons. The second-order valence-corrected chi connectivity index (χ2v) is 7.92. The number of benzene rings is 1. The number of carbonyl (C=O) groups is 1. The van der Waals surface area contributed by atoms with Crippen molar-refractivity contribution < 1.29 is 4.79 Å². The Morgan fingerprint density at radius 2 is 2.00 bits per heavy atom. The lowest BCUT2D eigenvalue weighted by Gasteiger charge is -2.34. The Morgan fingerprint density at radius 1 is 1.25 bits per heavy atom. The Morgan fingerprint density at radius 3 is 2.71 bits per heavy atom. The number of aliphatic imine (C=N–C) groups is 1. The minimum atomic E-state index is 0.152. The number of guanidine groups is 1. The fourth-order valence-electron chi connectivity index (χ4n) is 4.37. The highest BCUT2D eigenvalue weighted by Crippen LogP contribution is 2.31. The van der Waals surface area contributed by atoms with Crippen LogP contribution in [-0.2, 0) is 11.2 Å². The van der Waals surface area contributed by atoms with E-state index in [0.29, 0.717) is 18.4 Å². The zero-order valence-corrected chi connectivity index (χ0v) is 17.6. The number of carbonyl (C=O) groups excluding carboxylic acids is 1. The average Bonchev–Trinajstić information content (AvgIpc) is 3.03. The van der Waals surface area contributed by atoms with Crippen molar-refractivity contribution in [2.45, 2.75) is 45.6 Å². The summed E-state index contributed by atoms with van der Waals surface area (Å²) in [4.78, 5) is 21.4. The first-order valence-electron chi connectivity index (χ1n) is 10.7. The van der Waals surface area contributed by atoms with Gasteiger partial charge in [-0.15, -0.1) is 0 Å². The van der Waals surface area contributed by atoms with E-state index in [9.17, 15) is 4.79 Å². The van der Waals surface area contributed by atoms with E-state index in [-0.39, 0.29) is 5.91 Å². The Hall–Kier alpha value is -2.24. The molecule has 1 atom stereocenters. The summed E-state index contributed by atoms with van der Waals surface area (Å²) in [5.41, 5.74) is 2.81. The standard InChI is InChI=1S/C22H35N5O/c1-4-24-22(26-12-9-18(10-13-26)16-21(28)23-3)25-11-14-27-17(2)15-19-7-5-6-8-20(19)27/h5-8,17-18H,4,9-16H2,1-3H3,(H,23,28)(H,24,25). The minimum absolute atomic E-state index is 0.152. The van der Waals surface area contributed by atoms with Crippen LogP contribution in [0.2, 0.25) is 0 Å². The molecule has 0 bridgehead atoms. The summed E-state index contributed by atoms with van der Waals surface area (Å²) in [6.45, 7) is 8.96. The second-order valence-electron chi connectivity index (χ2n) is 7.92. The van der Waals surface area contributed by atoms with Gasteiger partial charge in [-0.25, -0.2) is 0 Å². The minimum Gasteiger partial charge on any atom is -0.366 e. The van der Waals surface area contributed by atoms with Crippen LogP contribution in [0.1, 0.15) is 38.7 Å². The summed E-state index contributed by atoms with van der Waals surface area (Å²) in [5, 5.41) is 6.19. The average molecular weight is 386 g/mol. The number of hydrogen-bond acceptors (Lipinski definition) is 3. The number of anilines is 1. The van der Waals surface area contributed by atoms with E-state index in [2.05, 4.69) is 58.5 Å². The van der Waals surface area contributed by atoms with Gasteiger partial charge in [0, 0.05) is 51.4 Å². The second kappa shape index (κ2) is 9.80. The first-order chi connectivity index (χ1) is 13.6. The van der Waals surface area contributed by atoms with Gasteiger partial charge in [0.2, 0.25) is 5.91 Å². The smallest absolute Gasteiger partial charge is 0.220 e. The van der Waals surface area contributed by atoms with E-state index in [0.717, 1.165) is 57.9 Å². The number of para-hydroxylation sites is 1. The number of piperidine rings is 1. The number of amides is 1.